The van der Waals surface area contributed by atoms with E-state index in [0.29, 0.717) is 17.5 Å². The van der Waals surface area contributed by atoms with Crippen LogP contribution in [-0.2, 0) is 0 Å². The molecule has 0 saturated heterocycles. The lowest BCUT2D eigenvalue weighted by Crippen LogP contribution is -2.19. The van der Waals surface area contributed by atoms with Gasteiger partial charge >= 0.3 is 0 Å². The molecule has 0 aromatic heterocycles. The van der Waals surface area contributed by atoms with Gasteiger partial charge in [0.1, 0.15) is 11.6 Å². The number of benzene rings is 1. The zero-order chi connectivity index (χ0) is 12.1. The van der Waals surface area contributed by atoms with Crippen molar-refractivity contribution < 1.29 is 9.90 Å². The van der Waals surface area contributed by atoms with Gasteiger partial charge in [0.15, 0.2) is 6.29 Å². The molecule has 1 aromatic carbocycles. The van der Waals surface area contributed by atoms with E-state index in [1.54, 1.807) is 13.1 Å². The number of rotatable bonds is 3. The van der Waals surface area contributed by atoms with E-state index in [0.717, 1.165) is 5.84 Å². The van der Waals surface area contributed by atoms with E-state index in [4.69, 9.17) is 0 Å². The molecule has 0 saturated carbocycles. The Labute approximate surface area is 95.0 Å². The van der Waals surface area contributed by atoms with Gasteiger partial charge in [-0.1, -0.05) is 13.8 Å². The monoisotopic (exact) mass is 220 g/mol. The molecule has 0 spiro atoms. The Balaban J connectivity index is 3.01. The number of phenols is 1. The number of amidine groups is 1. The third kappa shape index (κ3) is 2.82. The second kappa shape index (κ2) is 5.30. The second-order valence-electron chi connectivity index (χ2n) is 3.78. The van der Waals surface area contributed by atoms with E-state index in [1.807, 2.05) is 13.8 Å². The Morgan fingerprint density at radius 3 is 2.69 bits per heavy atom. The topological polar surface area (TPSA) is 61.7 Å². The summed E-state index contributed by atoms with van der Waals surface area (Å²) in [5.74, 6) is 1.12. The van der Waals surface area contributed by atoms with Crippen molar-refractivity contribution in [2.45, 2.75) is 13.8 Å². The molecule has 4 nitrogen and oxygen atoms in total. The lowest BCUT2D eigenvalue weighted by atomic mass is 10.1. The Morgan fingerprint density at radius 2 is 2.19 bits per heavy atom. The van der Waals surface area contributed by atoms with Crippen LogP contribution in [0.2, 0.25) is 0 Å². The SMILES string of the molecule is CN=C(Nc1ccc(O)cc1C=O)C(C)C. The number of aldehydes is 1. The molecule has 4 heteroatoms. The van der Waals surface area contributed by atoms with Crippen LogP contribution in [0.1, 0.15) is 24.2 Å². The molecule has 0 aliphatic rings. The van der Waals surface area contributed by atoms with Crippen molar-refractivity contribution in [2.75, 3.05) is 12.4 Å². The zero-order valence-electron chi connectivity index (χ0n) is 9.69. The maximum absolute atomic E-state index is 10.8. The number of hydrogen-bond acceptors (Lipinski definition) is 3. The van der Waals surface area contributed by atoms with Crippen LogP contribution in [-0.4, -0.2) is 24.3 Å². The van der Waals surface area contributed by atoms with Crippen molar-refractivity contribution in [3.8, 4) is 5.75 Å². The molecule has 0 atom stereocenters. The molecule has 1 aromatic rings. The van der Waals surface area contributed by atoms with E-state index in [1.165, 1.54) is 12.1 Å². The first kappa shape index (κ1) is 12.2. The van der Waals surface area contributed by atoms with Gasteiger partial charge in [0.25, 0.3) is 0 Å². The lowest BCUT2D eigenvalue weighted by molar-refractivity contribution is 0.112. The van der Waals surface area contributed by atoms with E-state index in [2.05, 4.69) is 10.3 Å². The molecule has 0 aliphatic heterocycles. The van der Waals surface area contributed by atoms with E-state index >= 15 is 0 Å². The van der Waals surface area contributed by atoms with Crippen LogP contribution < -0.4 is 5.32 Å². The average Bonchev–Trinajstić information content (AvgIpc) is 2.26. The number of nitrogens with one attached hydrogen (secondary N) is 1. The summed E-state index contributed by atoms with van der Waals surface area (Å²) >= 11 is 0. The van der Waals surface area contributed by atoms with Gasteiger partial charge in [0.05, 0.1) is 5.69 Å². The van der Waals surface area contributed by atoms with Crippen LogP contribution in [0, 0.1) is 5.92 Å². The summed E-state index contributed by atoms with van der Waals surface area (Å²) in [7, 11) is 1.70. The molecule has 0 fully saturated rings. The van der Waals surface area contributed by atoms with Crippen molar-refractivity contribution in [3.63, 3.8) is 0 Å². The summed E-state index contributed by atoms with van der Waals surface area (Å²) in [6.45, 7) is 4.02. The highest BCUT2D eigenvalue weighted by Crippen LogP contribution is 2.20. The van der Waals surface area contributed by atoms with Crippen molar-refractivity contribution in [2.24, 2.45) is 10.9 Å². The number of aliphatic imine (C=N–C) groups is 1. The molecule has 2 N–H and O–H groups in total. The van der Waals surface area contributed by atoms with Gasteiger partial charge in [0.2, 0.25) is 0 Å². The largest absolute Gasteiger partial charge is 0.508 e. The standard InChI is InChI=1S/C12H16N2O2/c1-8(2)12(13-3)14-11-5-4-10(16)6-9(11)7-15/h4-8,16H,1-3H3,(H,13,14). The molecule has 0 unspecified atom stereocenters. The number of anilines is 1. The molecule has 0 bridgehead atoms. The molecule has 0 amide bonds. The van der Waals surface area contributed by atoms with Crippen LogP contribution in [0.5, 0.6) is 5.75 Å². The molecular formula is C12H16N2O2. The Kier molecular flexibility index (Phi) is 4.05. The predicted molar refractivity (Wildman–Crippen MR) is 65.3 cm³/mol. The number of aromatic hydroxyl groups is 1. The zero-order valence-corrected chi connectivity index (χ0v) is 9.69. The Hall–Kier alpha value is -1.84. The van der Waals surface area contributed by atoms with Crippen molar-refractivity contribution in [1.29, 1.82) is 0 Å². The fourth-order valence-electron chi connectivity index (χ4n) is 1.36. The predicted octanol–water partition coefficient (Wildman–Crippen LogP) is 2.30. The lowest BCUT2D eigenvalue weighted by Gasteiger charge is -2.14. The molecular weight excluding hydrogens is 204 g/mol. The first-order valence-electron chi connectivity index (χ1n) is 5.10. The van der Waals surface area contributed by atoms with Crippen molar-refractivity contribution in [3.05, 3.63) is 23.8 Å². The summed E-state index contributed by atoms with van der Waals surface area (Å²) in [6, 6.07) is 4.61. The summed E-state index contributed by atoms with van der Waals surface area (Å²) in [6.07, 6.45) is 0.704. The summed E-state index contributed by atoms with van der Waals surface area (Å²) in [5, 5.41) is 12.3. The second-order valence-corrected chi connectivity index (χ2v) is 3.78. The first-order chi connectivity index (χ1) is 7.58. The van der Waals surface area contributed by atoms with Gasteiger partial charge in [-0.2, -0.15) is 0 Å². The third-order valence-corrected chi connectivity index (χ3v) is 2.21. The van der Waals surface area contributed by atoms with Crippen LogP contribution in [0.4, 0.5) is 5.69 Å². The van der Waals surface area contributed by atoms with Gasteiger partial charge in [-0.15, -0.1) is 0 Å². The minimum atomic E-state index is 0.0761. The average molecular weight is 220 g/mol. The summed E-state index contributed by atoms with van der Waals surface area (Å²) < 4.78 is 0. The fraction of sp³-hybridized carbons (Fsp3) is 0.333. The Morgan fingerprint density at radius 1 is 1.50 bits per heavy atom. The molecule has 0 radical (unpaired) electrons. The molecule has 0 aliphatic carbocycles. The molecule has 1 rings (SSSR count). The number of carbonyl (C=O) groups is 1. The highest BCUT2D eigenvalue weighted by atomic mass is 16.3. The van der Waals surface area contributed by atoms with Gasteiger partial charge in [-0.05, 0) is 18.2 Å². The fourth-order valence-corrected chi connectivity index (χ4v) is 1.36. The molecule has 0 heterocycles. The van der Waals surface area contributed by atoms with Crippen molar-refractivity contribution in [1.82, 2.24) is 0 Å². The van der Waals surface area contributed by atoms with Crippen LogP contribution in [0.25, 0.3) is 0 Å². The van der Waals surface area contributed by atoms with Gasteiger partial charge in [0, 0.05) is 18.5 Å². The van der Waals surface area contributed by atoms with Crippen LogP contribution >= 0.6 is 0 Å². The summed E-state index contributed by atoms with van der Waals surface area (Å²) in [4.78, 5) is 14.9. The van der Waals surface area contributed by atoms with Crippen LogP contribution in [0.3, 0.4) is 0 Å². The smallest absolute Gasteiger partial charge is 0.152 e. The molecule has 86 valence electrons. The summed E-state index contributed by atoms with van der Waals surface area (Å²) in [5.41, 5.74) is 1.07. The minimum absolute atomic E-state index is 0.0761. The van der Waals surface area contributed by atoms with E-state index in [-0.39, 0.29) is 11.7 Å². The third-order valence-electron chi connectivity index (χ3n) is 2.21. The highest BCUT2D eigenvalue weighted by molar-refractivity contribution is 6.00. The number of phenolic OH excluding ortho intramolecular Hbond substituents is 1. The van der Waals surface area contributed by atoms with Gasteiger partial charge in [-0.25, -0.2) is 0 Å². The van der Waals surface area contributed by atoms with Gasteiger partial charge < -0.3 is 10.4 Å². The van der Waals surface area contributed by atoms with E-state index in [9.17, 15) is 9.90 Å². The minimum Gasteiger partial charge on any atom is -0.508 e. The number of nitrogens with zero attached hydrogens (tertiary/aromatic N) is 1. The maximum atomic E-state index is 10.8. The van der Waals surface area contributed by atoms with E-state index < -0.39 is 0 Å². The van der Waals surface area contributed by atoms with Gasteiger partial charge in [-0.3, -0.25) is 9.79 Å². The molecule has 16 heavy (non-hydrogen) atoms. The van der Waals surface area contributed by atoms with Crippen LogP contribution in [0.15, 0.2) is 23.2 Å². The normalized spacial score (nSPS) is 11.6. The number of carbonyl (C=O) groups excluding carboxylic acids is 1. The number of hydrogen-bond donors (Lipinski definition) is 2. The quantitative estimate of drug-likeness (QED) is 0.355. The highest BCUT2D eigenvalue weighted by Gasteiger charge is 2.08. The Bertz CT molecular complexity index is 411. The first-order valence-corrected chi connectivity index (χ1v) is 5.10. The van der Waals surface area contributed by atoms with Crippen molar-refractivity contribution >= 4 is 17.8 Å². The maximum Gasteiger partial charge on any atom is 0.152 e.